The smallest absolute Gasteiger partial charge is 0.253 e. The van der Waals surface area contributed by atoms with E-state index in [-0.39, 0.29) is 16.6 Å². The highest BCUT2D eigenvalue weighted by Crippen LogP contribution is 2.12. The van der Waals surface area contributed by atoms with Crippen LogP contribution in [0.15, 0.2) is 18.2 Å². The number of carbonyl (C=O) groups is 1. The summed E-state index contributed by atoms with van der Waals surface area (Å²) in [5, 5.41) is 0. The molecule has 5 heteroatoms. The van der Waals surface area contributed by atoms with Gasteiger partial charge in [-0.3, -0.25) is 4.79 Å². The Kier molecular flexibility index (Phi) is 5.75. The van der Waals surface area contributed by atoms with Gasteiger partial charge in [0.2, 0.25) is 0 Å². The predicted molar refractivity (Wildman–Crippen MR) is 72.7 cm³/mol. The molecule has 1 atom stereocenters. The average Bonchev–Trinajstić information content (AvgIpc) is 2.26. The quantitative estimate of drug-likeness (QED) is 0.781. The molecule has 100 valence electrons. The Morgan fingerprint density at radius 2 is 2.17 bits per heavy atom. The number of methoxy groups -OCH3 is 1. The van der Waals surface area contributed by atoms with Crippen molar-refractivity contribution in [1.82, 2.24) is 4.90 Å². The minimum Gasteiger partial charge on any atom is -0.383 e. The molecule has 0 aliphatic heterocycles. The lowest BCUT2D eigenvalue weighted by atomic mass is 10.1. The third-order valence-electron chi connectivity index (χ3n) is 2.46. The van der Waals surface area contributed by atoms with Gasteiger partial charge >= 0.3 is 0 Å². The summed E-state index contributed by atoms with van der Waals surface area (Å²) in [7, 11) is 3.29. The van der Waals surface area contributed by atoms with Crippen molar-refractivity contribution in [2.45, 2.75) is 11.8 Å². The first kappa shape index (κ1) is 15.1. The Hall–Kier alpha value is -0.940. The Labute approximate surface area is 115 Å². The van der Waals surface area contributed by atoms with Gasteiger partial charge in [-0.2, -0.15) is 0 Å². The van der Waals surface area contributed by atoms with E-state index in [2.05, 4.69) is 15.9 Å². The van der Waals surface area contributed by atoms with Crippen LogP contribution in [0, 0.1) is 12.7 Å². The highest BCUT2D eigenvalue weighted by atomic mass is 79.9. The van der Waals surface area contributed by atoms with E-state index < -0.39 is 0 Å². The topological polar surface area (TPSA) is 29.5 Å². The Bertz CT molecular complexity index is 405. The molecule has 1 aromatic rings. The third-order valence-corrected chi connectivity index (χ3v) is 3.01. The predicted octanol–water partition coefficient (Wildman–Crippen LogP) is 2.62. The van der Waals surface area contributed by atoms with Crippen molar-refractivity contribution in [2.24, 2.45) is 0 Å². The fraction of sp³-hybridized carbons (Fsp3) is 0.462. The van der Waals surface area contributed by atoms with Crippen LogP contribution < -0.4 is 0 Å². The van der Waals surface area contributed by atoms with Crippen molar-refractivity contribution in [2.75, 3.05) is 27.3 Å². The molecule has 0 bridgehead atoms. The molecule has 0 N–H and O–H groups in total. The monoisotopic (exact) mass is 317 g/mol. The minimum atomic E-state index is -0.390. The van der Waals surface area contributed by atoms with Crippen molar-refractivity contribution in [3.8, 4) is 0 Å². The third kappa shape index (κ3) is 4.38. The van der Waals surface area contributed by atoms with E-state index in [9.17, 15) is 9.18 Å². The normalized spacial score (nSPS) is 12.3. The summed E-state index contributed by atoms with van der Waals surface area (Å²) >= 11 is 3.42. The molecule has 0 aromatic heterocycles. The van der Waals surface area contributed by atoms with E-state index in [4.69, 9.17) is 4.74 Å². The van der Waals surface area contributed by atoms with Gasteiger partial charge in [-0.1, -0.05) is 15.9 Å². The molecule has 1 amide bonds. The number of rotatable bonds is 5. The number of aryl methyl sites for hydroxylation is 1. The Balaban J connectivity index is 2.74. The maximum Gasteiger partial charge on any atom is 0.253 e. The standard InChI is InChI=1S/C13H17BrFNO2/c1-9-4-10(6-12(15)5-9)13(17)16(2)7-11(14)8-18-3/h4-6,11H,7-8H2,1-3H3. The van der Waals surface area contributed by atoms with Crippen LogP contribution in [0.3, 0.4) is 0 Å². The van der Waals surface area contributed by atoms with E-state index in [0.717, 1.165) is 5.56 Å². The maximum atomic E-state index is 13.2. The molecular formula is C13H17BrFNO2. The molecule has 18 heavy (non-hydrogen) atoms. The van der Waals surface area contributed by atoms with Gasteiger partial charge < -0.3 is 9.64 Å². The van der Waals surface area contributed by atoms with Crippen LogP contribution in [0.1, 0.15) is 15.9 Å². The first-order chi connectivity index (χ1) is 8.43. The number of carbonyl (C=O) groups excluding carboxylic acids is 1. The lowest BCUT2D eigenvalue weighted by Crippen LogP contribution is -2.33. The first-order valence-corrected chi connectivity index (χ1v) is 6.51. The summed E-state index contributed by atoms with van der Waals surface area (Å²) in [6, 6.07) is 4.34. The van der Waals surface area contributed by atoms with Crippen LogP contribution in [-0.2, 0) is 4.74 Å². The molecule has 1 unspecified atom stereocenters. The molecule has 0 spiro atoms. The van der Waals surface area contributed by atoms with Crippen molar-refractivity contribution in [1.29, 1.82) is 0 Å². The zero-order chi connectivity index (χ0) is 13.7. The van der Waals surface area contributed by atoms with Crippen LogP contribution in [0.5, 0.6) is 0 Å². The molecule has 1 rings (SSSR count). The molecule has 0 saturated heterocycles. The van der Waals surface area contributed by atoms with Gasteiger partial charge in [0.25, 0.3) is 5.91 Å². The fourth-order valence-corrected chi connectivity index (χ4v) is 2.39. The fourth-order valence-electron chi connectivity index (χ4n) is 1.69. The summed E-state index contributed by atoms with van der Waals surface area (Å²) in [5.74, 6) is -0.586. The largest absolute Gasteiger partial charge is 0.383 e. The molecule has 0 aliphatic rings. The van der Waals surface area contributed by atoms with E-state index in [1.54, 1.807) is 32.0 Å². The van der Waals surface area contributed by atoms with Crippen LogP contribution in [0.4, 0.5) is 4.39 Å². The minimum absolute atomic E-state index is 0.0612. The summed E-state index contributed by atoms with van der Waals surface area (Å²) in [6.07, 6.45) is 0. The molecular weight excluding hydrogens is 301 g/mol. The summed E-state index contributed by atoms with van der Waals surface area (Å²) < 4.78 is 18.2. The van der Waals surface area contributed by atoms with Crippen LogP contribution >= 0.6 is 15.9 Å². The summed E-state index contributed by atoms with van der Waals surface area (Å²) in [5.41, 5.74) is 1.10. The second kappa shape index (κ2) is 6.85. The number of hydrogen-bond donors (Lipinski definition) is 0. The zero-order valence-electron chi connectivity index (χ0n) is 10.7. The molecule has 1 aromatic carbocycles. The summed E-state index contributed by atoms with van der Waals surface area (Å²) in [4.78, 5) is 13.7. The van der Waals surface area contributed by atoms with Crippen LogP contribution in [0.25, 0.3) is 0 Å². The highest BCUT2D eigenvalue weighted by molar-refractivity contribution is 9.09. The van der Waals surface area contributed by atoms with Gasteiger partial charge in [0.05, 0.1) is 11.4 Å². The Morgan fingerprint density at radius 1 is 1.50 bits per heavy atom. The number of ether oxygens (including phenoxy) is 1. The second-order valence-electron chi connectivity index (χ2n) is 4.26. The van der Waals surface area contributed by atoms with Crippen LogP contribution in [0.2, 0.25) is 0 Å². The van der Waals surface area contributed by atoms with Gasteiger partial charge in [-0.15, -0.1) is 0 Å². The lowest BCUT2D eigenvalue weighted by molar-refractivity contribution is 0.0783. The van der Waals surface area contributed by atoms with Gasteiger partial charge in [-0.05, 0) is 30.7 Å². The number of benzene rings is 1. The molecule has 0 aliphatic carbocycles. The van der Waals surface area contributed by atoms with Gasteiger partial charge in [0, 0.05) is 26.3 Å². The number of halogens is 2. The molecule has 0 saturated carbocycles. The molecule has 0 heterocycles. The number of alkyl halides is 1. The van der Waals surface area contributed by atoms with Crippen molar-refractivity contribution >= 4 is 21.8 Å². The van der Waals surface area contributed by atoms with Crippen molar-refractivity contribution in [3.63, 3.8) is 0 Å². The molecule has 3 nitrogen and oxygen atoms in total. The maximum absolute atomic E-state index is 13.2. The van der Waals surface area contributed by atoms with Crippen LogP contribution in [-0.4, -0.2) is 42.9 Å². The molecule has 0 radical (unpaired) electrons. The zero-order valence-corrected chi connectivity index (χ0v) is 12.3. The Morgan fingerprint density at radius 3 is 2.72 bits per heavy atom. The van der Waals surface area contributed by atoms with E-state index in [1.165, 1.54) is 12.1 Å². The first-order valence-electron chi connectivity index (χ1n) is 5.59. The van der Waals surface area contributed by atoms with E-state index >= 15 is 0 Å². The number of hydrogen-bond acceptors (Lipinski definition) is 2. The number of nitrogens with zero attached hydrogens (tertiary/aromatic N) is 1. The van der Waals surface area contributed by atoms with Crippen molar-refractivity contribution in [3.05, 3.63) is 35.1 Å². The van der Waals surface area contributed by atoms with Gasteiger partial charge in [0.15, 0.2) is 0 Å². The lowest BCUT2D eigenvalue weighted by Gasteiger charge is -2.20. The van der Waals surface area contributed by atoms with E-state index in [1.807, 2.05) is 0 Å². The molecule has 0 fully saturated rings. The SMILES string of the molecule is COCC(Br)CN(C)C(=O)c1cc(C)cc(F)c1. The highest BCUT2D eigenvalue weighted by Gasteiger charge is 2.16. The van der Waals surface area contributed by atoms with E-state index in [0.29, 0.717) is 18.7 Å². The summed E-state index contributed by atoms with van der Waals surface area (Å²) in [6.45, 7) is 2.78. The average molecular weight is 318 g/mol. The van der Waals surface area contributed by atoms with Gasteiger partial charge in [0.1, 0.15) is 5.82 Å². The second-order valence-corrected chi connectivity index (χ2v) is 5.55. The van der Waals surface area contributed by atoms with Crippen molar-refractivity contribution < 1.29 is 13.9 Å². The van der Waals surface area contributed by atoms with Gasteiger partial charge in [-0.25, -0.2) is 4.39 Å². The number of amides is 1.